The van der Waals surface area contributed by atoms with Crippen LogP contribution in [0, 0.1) is 0 Å². The quantitative estimate of drug-likeness (QED) is 0.411. The molecule has 10 heavy (non-hydrogen) atoms. The summed E-state index contributed by atoms with van der Waals surface area (Å²) in [5, 5.41) is 10.5. The zero-order valence-corrected chi connectivity index (χ0v) is 6.51. The third-order valence-electron chi connectivity index (χ3n) is 1.23. The monoisotopic (exact) mass is 147 g/mol. The zero-order chi connectivity index (χ0) is 7.82. The van der Waals surface area contributed by atoms with Crippen molar-refractivity contribution >= 4 is 0 Å². The Hall–Kier alpha value is -0.160. The predicted molar refractivity (Wildman–Crippen MR) is 41.4 cm³/mol. The molecule has 0 spiro atoms. The van der Waals surface area contributed by atoms with Gasteiger partial charge in [-0.25, -0.2) is 5.01 Å². The Bertz CT molecular complexity index is 70.0. The first kappa shape index (κ1) is 9.84. The lowest BCUT2D eigenvalue weighted by Crippen LogP contribution is -2.42. The minimum atomic E-state index is 0.186. The fourth-order valence-electron chi connectivity index (χ4n) is 0.692. The molecule has 0 aromatic heterocycles. The second-order valence-corrected chi connectivity index (χ2v) is 2.00. The molecule has 0 aliphatic rings. The summed E-state index contributed by atoms with van der Waals surface area (Å²) in [5.74, 6) is 0. The maximum atomic E-state index is 8.55. The lowest BCUT2D eigenvalue weighted by molar-refractivity contribution is 0.151. The van der Waals surface area contributed by atoms with Crippen molar-refractivity contribution in [2.24, 2.45) is 5.73 Å². The molecule has 0 aromatic carbocycles. The number of likely N-dealkylation sites (N-methyl/N-ethyl adjacent to an activating group) is 1. The van der Waals surface area contributed by atoms with E-state index in [2.05, 4.69) is 5.43 Å². The van der Waals surface area contributed by atoms with Crippen LogP contribution in [0.2, 0.25) is 0 Å². The molecule has 0 rings (SSSR count). The summed E-state index contributed by atoms with van der Waals surface area (Å²) in [5.41, 5.74) is 8.34. The van der Waals surface area contributed by atoms with Gasteiger partial charge in [0, 0.05) is 26.2 Å². The van der Waals surface area contributed by atoms with E-state index in [1.165, 1.54) is 0 Å². The summed E-state index contributed by atoms with van der Waals surface area (Å²) in [7, 11) is 0. The number of nitrogens with zero attached hydrogens (tertiary/aromatic N) is 1. The van der Waals surface area contributed by atoms with Gasteiger partial charge in [-0.1, -0.05) is 6.92 Å². The second-order valence-electron chi connectivity index (χ2n) is 2.00. The van der Waals surface area contributed by atoms with Crippen molar-refractivity contribution < 1.29 is 5.11 Å². The number of nitrogens with one attached hydrogen (secondary N) is 1. The van der Waals surface area contributed by atoms with Gasteiger partial charge in [0.05, 0.1) is 6.61 Å². The average molecular weight is 147 g/mol. The largest absolute Gasteiger partial charge is 0.395 e. The molecule has 4 heteroatoms. The topological polar surface area (TPSA) is 61.5 Å². The number of hydrazine groups is 1. The third kappa shape index (κ3) is 4.69. The van der Waals surface area contributed by atoms with Crippen LogP contribution in [0.1, 0.15) is 6.92 Å². The molecular formula is C6H17N3O. The van der Waals surface area contributed by atoms with Crippen LogP contribution >= 0.6 is 0 Å². The minimum absolute atomic E-state index is 0.186. The Labute approximate surface area is 62.0 Å². The molecule has 62 valence electrons. The number of hydrogen-bond donors (Lipinski definition) is 3. The van der Waals surface area contributed by atoms with Crippen molar-refractivity contribution in [3.8, 4) is 0 Å². The van der Waals surface area contributed by atoms with Crippen LogP contribution in [-0.2, 0) is 0 Å². The molecule has 0 radical (unpaired) electrons. The van der Waals surface area contributed by atoms with Crippen LogP contribution in [0.15, 0.2) is 0 Å². The molecule has 0 amide bonds. The van der Waals surface area contributed by atoms with Crippen LogP contribution in [0.5, 0.6) is 0 Å². The van der Waals surface area contributed by atoms with Gasteiger partial charge in [-0.3, -0.25) is 5.43 Å². The highest BCUT2D eigenvalue weighted by Gasteiger charge is 1.96. The minimum Gasteiger partial charge on any atom is -0.395 e. The number of aliphatic hydroxyl groups excluding tert-OH is 1. The number of rotatable bonds is 6. The van der Waals surface area contributed by atoms with E-state index in [4.69, 9.17) is 10.8 Å². The SMILES string of the molecule is CCN(CCO)NCCN. The Morgan fingerprint density at radius 1 is 1.60 bits per heavy atom. The van der Waals surface area contributed by atoms with E-state index in [-0.39, 0.29) is 6.61 Å². The first-order chi connectivity index (χ1) is 4.85. The average Bonchev–Trinajstić information content (AvgIpc) is 1.98. The van der Waals surface area contributed by atoms with E-state index < -0.39 is 0 Å². The fourth-order valence-corrected chi connectivity index (χ4v) is 0.692. The van der Waals surface area contributed by atoms with E-state index in [0.717, 1.165) is 13.1 Å². The fraction of sp³-hybridized carbons (Fsp3) is 1.00. The van der Waals surface area contributed by atoms with Crippen molar-refractivity contribution in [2.75, 3.05) is 32.8 Å². The van der Waals surface area contributed by atoms with Crippen molar-refractivity contribution in [2.45, 2.75) is 6.92 Å². The molecule has 0 aromatic rings. The van der Waals surface area contributed by atoms with E-state index in [1.807, 2.05) is 11.9 Å². The molecule has 0 bridgehead atoms. The number of aliphatic hydroxyl groups is 1. The molecular weight excluding hydrogens is 130 g/mol. The van der Waals surface area contributed by atoms with E-state index in [9.17, 15) is 0 Å². The summed E-state index contributed by atoms with van der Waals surface area (Å²) in [6.45, 7) is 5.16. The van der Waals surface area contributed by atoms with Gasteiger partial charge in [0.15, 0.2) is 0 Å². The molecule has 0 atom stereocenters. The summed E-state index contributed by atoms with van der Waals surface area (Å²) in [6, 6.07) is 0. The van der Waals surface area contributed by atoms with E-state index in [0.29, 0.717) is 13.1 Å². The summed E-state index contributed by atoms with van der Waals surface area (Å²) < 4.78 is 0. The standard InChI is InChI=1S/C6H17N3O/c1-2-9(5-6-10)8-4-3-7/h8,10H,2-7H2,1H3. The van der Waals surface area contributed by atoms with Crippen molar-refractivity contribution in [1.29, 1.82) is 0 Å². The van der Waals surface area contributed by atoms with Crippen LogP contribution in [0.25, 0.3) is 0 Å². The molecule has 0 unspecified atom stereocenters. The molecule has 0 saturated heterocycles. The lowest BCUT2D eigenvalue weighted by Gasteiger charge is -2.19. The molecule has 0 aliphatic carbocycles. The van der Waals surface area contributed by atoms with Gasteiger partial charge < -0.3 is 10.8 Å². The Morgan fingerprint density at radius 2 is 2.30 bits per heavy atom. The first-order valence-electron chi connectivity index (χ1n) is 3.64. The molecule has 0 fully saturated rings. The Morgan fingerprint density at radius 3 is 2.70 bits per heavy atom. The van der Waals surface area contributed by atoms with Crippen LogP contribution in [0.3, 0.4) is 0 Å². The number of nitrogens with two attached hydrogens (primary N) is 1. The molecule has 0 heterocycles. The van der Waals surface area contributed by atoms with Gasteiger partial charge in [0.25, 0.3) is 0 Å². The van der Waals surface area contributed by atoms with E-state index in [1.54, 1.807) is 0 Å². The highest BCUT2D eigenvalue weighted by Crippen LogP contribution is 1.77. The van der Waals surface area contributed by atoms with Gasteiger partial charge in [-0.15, -0.1) is 0 Å². The lowest BCUT2D eigenvalue weighted by atomic mass is 10.6. The van der Waals surface area contributed by atoms with Gasteiger partial charge in [0.1, 0.15) is 0 Å². The Kier molecular flexibility index (Phi) is 6.84. The van der Waals surface area contributed by atoms with Crippen LogP contribution in [-0.4, -0.2) is 42.9 Å². The van der Waals surface area contributed by atoms with Crippen LogP contribution in [0.4, 0.5) is 0 Å². The second kappa shape index (κ2) is 6.95. The first-order valence-corrected chi connectivity index (χ1v) is 3.64. The zero-order valence-electron chi connectivity index (χ0n) is 6.51. The molecule has 4 N–H and O–H groups in total. The smallest absolute Gasteiger partial charge is 0.0572 e. The predicted octanol–water partition coefficient (Wildman–Crippen LogP) is -1.24. The van der Waals surface area contributed by atoms with Gasteiger partial charge >= 0.3 is 0 Å². The van der Waals surface area contributed by atoms with Gasteiger partial charge in [0.2, 0.25) is 0 Å². The number of hydrogen-bond acceptors (Lipinski definition) is 4. The highest BCUT2D eigenvalue weighted by molar-refractivity contribution is 4.47. The van der Waals surface area contributed by atoms with Crippen molar-refractivity contribution in [1.82, 2.24) is 10.4 Å². The Balaban J connectivity index is 3.21. The third-order valence-corrected chi connectivity index (χ3v) is 1.23. The van der Waals surface area contributed by atoms with Crippen molar-refractivity contribution in [3.63, 3.8) is 0 Å². The van der Waals surface area contributed by atoms with Gasteiger partial charge in [-0.2, -0.15) is 0 Å². The van der Waals surface area contributed by atoms with Crippen LogP contribution < -0.4 is 11.2 Å². The maximum Gasteiger partial charge on any atom is 0.0572 e. The highest BCUT2D eigenvalue weighted by atomic mass is 16.3. The van der Waals surface area contributed by atoms with Crippen molar-refractivity contribution in [3.05, 3.63) is 0 Å². The van der Waals surface area contributed by atoms with Gasteiger partial charge in [-0.05, 0) is 0 Å². The normalized spacial score (nSPS) is 10.8. The molecule has 0 aliphatic heterocycles. The summed E-state index contributed by atoms with van der Waals surface area (Å²) in [4.78, 5) is 0. The molecule has 0 saturated carbocycles. The summed E-state index contributed by atoms with van der Waals surface area (Å²) in [6.07, 6.45) is 0. The van der Waals surface area contributed by atoms with E-state index >= 15 is 0 Å². The summed E-state index contributed by atoms with van der Waals surface area (Å²) >= 11 is 0. The molecule has 4 nitrogen and oxygen atoms in total. The maximum absolute atomic E-state index is 8.55.